The molecule has 0 N–H and O–H groups in total. The van der Waals surface area contributed by atoms with Crippen molar-refractivity contribution in [3.63, 3.8) is 0 Å². The van der Waals surface area contributed by atoms with Gasteiger partial charge >= 0.3 is 5.63 Å². The summed E-state index contributed by atoms with van der Waals surface area (Å²) in [6.45, 7) is 7.38. The zero-order chi connectivity index (χ0) is 18.8. The van der Waals surface area contributed by atoms with Crippen LogP contribution in [-0.2, 0) is 13.1 Å². The first-order valence-electron chi connectivity index (χ1n) is 9.16. The van der Waals surface area contributed by atoms with E-state index in [0.717, 1.165) is 61.5 Å². The van der Waals surface area contributed by atoms with E-state index >= 15 is 0 Å². The zero-order valence-electron chi connectivity index (χ0n) is 15.3. The van der Waals surface area contributed by atoms with E-state index in [2.05, 4.69) is 20.9 Å². The first-order valence-corrected chi connectivity index (χ1v) is 9.54. The van der Waals surface area contributed by atoms with Crippen LogP contribution in [0.2, 0.25) is 5.02 Å². The minimum atomic E-state index is -0.312. The summed E-state index contributed by atoms with van der Waals surface area (Å²) in [5.41, 5.74) is 3.28. The molecule has 0 spiro atoms. The standard InChI is InChI=1S/C21H22ClN3O2/c1-15-10-20-18(12-19(15)22)16(11-21(26)27-20)13-24-6-8-25(9-7-24)14-17-4-2-3-5-23-17/h2-5,10-12H,6-9,13-14H2,1H3. The van der Waals surface area contributed by atoms with Crippen LogP contribution in [0.15, 0.2) is 51.8 Å². The molecule has 1 aliphatic rings. The second kappa shape index (κ2) is 7.80. The first kappa shape index (κ1) is 18.2. The van der Waals surface area contributed by atoms with Gasteiger partial charge in [-0.05, 0) is 42.3 Å². The lowest BCUT2D eigenvalue weighted by atomic mass is 10.1. The number of rotatable bonds is 4. The SMILES string of the molecule is Cc1cc2oc(=O)cc(CN3CCN(Cc4ccccn4)CC3)c2cc1Cl. The predicted molar refractivity (Wildman–Crippen MR) is 107 cm³/mol. The van der Waals surface area contributed by atoms with Crippen LogP contribution in [0, 0.1) is 6.92 Å². The Morgan fingerprint density at radius 2 is 1.81 bits per heavy atom. The summed E-state index contributed by atoms with van der Waals surface area (Å²) in [5, 5.41) is 1.61. The average molecular weight is 384 g/mol. The van der Waals surface area contributed by atoms with Crippen molar-refractivity contribution in [2.45, 2.75) is 20.0 Å². The van der Waals surface area contributed by atoms with Gasteiger partial charge in [0.2, 0.25) is 0 Å². The summed E-state index contributed by atoms with van der Waals surface area (Å²) >= 11 is 6.29. The highest BCUT2D eigenvalue weighted by molar-refractivity contribution is 6.32. The van der Waals surface area contributed by atoms with Gasteiger partial charge in [0.25, 0.3) is 0 Å². The predicted octanol–water partition coefficient (Wildman–Crippen LogP) is 3.47. The molecule has 27 heavy (non-hydrogen) atoms. The maximum Gasteiger partial charge on any atom is 0.336 e. The first-order chi connectivity index (χ1) is 13.1. The maximum atomic E-state index is 12.0. The highest BCUT2D eigenvalue weighted by Crippen LogP contribution is 2.26. The summed E-state index contributed by atoms with van der Waals surface area (Å²) in [5.74, 6) is 0. The van der Waals surface area contributed by atoms with Crippen LogP contribution >= 0.6 is 11.6 Å². The number of nitrogens with zero attached hydrogens (tertiary/aromatic N) is 3. The van der Waals surface area contributed by atoms with Crippen molar-refractivity contribution in [1.82, 2.24) is 14.8 Å². The van der Waals surface area contributed by atoms with Gasteiger partial charge in [-0.2, -0.15) is 0 Å². The van der Waals surface area contributed by atoms with E-state index in [1.165, 1.54) is 0 Å². The van der Waals surface area contributed by atoms with Gasteiger partial charge in [0.15, 0.2) is 0 Å². The molecule has 0 radical (unpaired) electrons. The van der Waals surface area contributed by atoms with Gasteiger partial charge in [-0.15, -0.1) is 0 Å². The van der Waals surface area contributed by atoms with Crippen molar-refractivity contribution < 1.29 is 4.42 Å². The largest absolute Gasteiger partial charge is 0.423 e. The molecular weight excluding hydrogens is 362 g/mol. The number of halogens is 1. The molecule has 5 nitrogen and oxygen atoms in total. The summed E-state index contributed by atoms with van der Waals surface area (Å²) in [7, 11) is 0. The van der Waals surface area contributed by atoms with Crippen LogP contribution in [0.3, 0.4) is 0 Å². The monoisotopic (exact) mass is 383 g/mol. The van der Waals surface area contributed by atoms with Gasteiger partial charge in [-0.3, -0.25) is 14.8 Å². The minimum Gasteiger partial charge on any atom is -0.423 e. The van der Waals surface area contributed by atoms with Crippen LogP contribution in [0.4, 0.5) is 0 Å². The van der Waals surface area contributed by atoms with Crippen LogP contribution in [0.25, 0.3) is 11.0 Å². The van der Waals surface area contributed by atoms with Gasteiger partial charge in [-0.1, -0.05) is 17.7 Å². The number of piperazine rings is 1. The van der Waals surface area contributed by atoms with Crippen LogP contribution in [0.1, 0.15) is 16.8 Å². The molecule has 4 rings (SSSR count). The fourth-order valence-electron chi connectivity index (χ4n) is 3.55. The molecule has 1 aromatic carbocycles. The molecular formula is C21H22ClN3O2. The summed E-state index contributed by atoms with van der Waals surface area (Å²) in [4.78, 5) is 21.2. The Labute approximate surface area is 163 Å². The van der Waals surface area contributed by atoms with E-state index in [-0.39, 0.29) is 5.63 Å². The molecule has 0 unspecified atom stereocenters. The molecule has 0 saturated carbocycles. The van der Waals surface area contributed by atoms with Crippen LogP contribution in [0.5, 0.6) is 0 Å². The van der Waals surface area contributed by atoms with Gasteiger partial charge in [0.05, 0.1) is 5.69 Å². The summed E-state index contributed by atoms with van der Waals surface area (Å²) in [6.07, 6.45) is 1.84. The van der Waals surface area contributed by atoms with Gasteiger partial charge in [-0.25, -0.2) is 4.79 Å². The molecule has 1 fully saturated rings. The van der Waals surface area contributed by atoms with Gasteiger partial charge in [0, 0.05) is 61.9 Å². The molecule has 140 valence electrons. The highest BCUT2D eigenvalue weighted by atomic mass is 35.5. The van der Waals surface area contributed by atoms with Crippen molar-refractivity contribution in [1.29, 1.82) is 0 Å². The number of hydrogen-bond donors (Lipinski definition) is 0. The maximum absolute atomic E-state index is 12.0. The van der Waals surface area contributed by atoms with E-state index in [1.54, 1.807) is 6.07 Å². The van der Waals surface area contributed by atoms with Crippen molar-refractivity contribution in [2.24, 2.45) is 0 Å². The number of pyridine rings is 1. The van der Waals surface area contributed by atoms with E-state index in [0.29, 0.717) is 10.6 Å². The third kappa shape index (κ3) is 4.21. The summed E-state index contributed by atoms with van der Waals surface area (Å²) < 4.78 is 5.36. The quantitative estimate of drug-likeness (QED) is 0.646. The highest BCUT2D eigenvalue weighted by Gasteiger charge is 2.19. The molecule has 0 aliphatic carbocycles. The van der Waals surface area contributed by atoms with Crippen molar-refractivity contribution in [3.8, 4) is 0 Å². The number of benzene rings is 1. The van der Waals surface area contributed by atoms with Crippen molar-refractivity contribution >= 4 is 22.6 Å². The molecule has 1 saturated heterocycles. The Kier molecular flexibility index (Phi) is 5.25. The minimum absolute atomic E-state index is 0.312. The Balaban J connectivity index is 1.46. The summed E-state index contributed by atoms with van der Waals surface area (Å²) in [6, 6.07) is 11.4. The molecule has 3 heterocycles. The molecule has 0 bridgehead atoms. The number of hydrogen-bond acceptors (Lipinski definition) is 5. The third-order valence-electron chi connectivity index (χ3n) is 5.08. The van der Waals surface area contributed by atoms with Crippen LogP contribution < -0.4 is 5.63 Å². The smallest absolute Gasteiger partial charge is 0.336 e. The molecule has 0 amide bonds. The van der Waals surface area contributed by atoms with Gasteiger partial charge < -0.3 is 4.42 Å². The molecule has 6 heteroatoms. The molecule has 3 aromatic rings. The second-order valence-corrected chi connectivity index (χ2v) is 7.47. The lowest BCUT2D eigenvalue weighted by molar-refractivity contribution is 0.121. The second-order valence-electron chi connectivity index (χ2n) is 7.06. The number of aryl methyl sites for hydroxylation is 1. The van der Waals surface area contributed by atoms with Crippen molar-refractivity contribution in [2.75, 3.05) is 26.2 Å². The fourth-order valence-corrected chi connectivity index (χ4v) is 3.71. The van der Waals surface area contributed by atoms with E-state index < -0.39 is 0 Å². The van der Waals surface area contributed by atoms with Crippen LogP contribution in [-0.4, -0.2) is 41.0 Å². The lowest BCUT2D eigenvalue weighted by Gasteiger charge is -2.34. The number of fused-ring (bicyclic) bond motifs is 1. The lowest BCUT2D eigenvalue weighted by Crippen LogP contribution is -2.45. The van der Waals surface area contributed by atoms with Gasteiger partial charge in [0.1, 0.15) is 5.58 Å². The number of aromatic nitrogens is 1. The Morgan fingerprint density at radius 3 is 2.52 bits per heavy atom. The average Bonchev–Trinajstić information content (AvgIpc) is 2.66. The van der Waals surface area contributed by atoms with E-state index in [4.69, 9.17) is 16.0 Å². The third-order valence-corrected chi connectivity index (χ3v) is 5.49. The van der Waals surface area contributed by atoms with Crippen molar-refractivity contribution in [3.05, 3.63) is 74.9 Å². The Morgan fingerprint density at radius 1 is 1.07 bits per heavy atom. The Hall–Kier alpha value is -2.21. The molecule has 0 atom stereocenters. The fraction of sp³-hybridized carbons (Fsp3) is 0.333. The molecule has 2 aromatic heterocycles. The molecule has 1 aliphatic heterocycles. The normalized spacial score (nSPS) is 16.1. The topological polar surface area (TPSA) is 49.6 Å². The zero-order valence-corrected chi connectivity index (χ0v) is 16.1. The Bertz CT molecular complexity index is 995. The van der Waals surface area contributed by atoms with E-state index in [1.807, 2.05) is 37.4 Å². The van der Waals surface area contributed by atoms with E-state index in [9.17, 15) is 4.79 Å².